The van der Waals surface area contributed by atoms with Gasteiger partial charge in [-0.15, -0.1) is 0 Å². The van der Waals surface area contributed by atoms with Crippen LogP contribution in [-0.4, -0.2) is 63.1 Å². The van der Waals surface area contributed by atoms with Gasteiger partial charge in [-0.25, -0.2) is 8.42 Å². The molecule has 2 heterocycles. The van der Waals surface area contributed by atoms with Gasteiger partial charge in [0.1, 0.15) is 5.84 Å². The van der Waals surface area contributed by atoms with Gasteiger partial charge in [0.15, 0.2) is 9.84 Å². The standard InChI is InChI=1S/C17H25N3O2S2/c1-20(12-14-4-3-9-23-14)17-11-18-10-16(19-17)13-5-7-15(8-6-13)24(2,21)22/h5-8,14,16,18H,3-4,9-12H2,1-2H3. The first-order valence-corrected chi connectivity index (χ1v) is 11.3. The molecule has 5 nitrogen and oxygen atoms in total. The summed E-state index contributed by atoms with van der Waals surface area (Å²) in [5.74, 6) is 2.37. The second kappa shape index (κ2) is 7.45. The highest BCUT2D eigenvalue weighted by Gasteiger charge is 2.22. The topological polar surface area (TPSA) is 61.8 Å². The first-order valence-electron chi connectivity index (χ1n) is 8.33. The Labute approximate surface area is 148 Å². The maximum Gasteiger partial charge on any atom is 0.175 e. The third-order valence-electron chi connectivity index (χ3n) is 4.56. The molecule has 1 N–H and O–H groups in total. The molecule has 2 aliphatic rings. The zero-order chi connectivity index (χ0) is 17.2. The minimum atomic E-state index is -3.15. The molecule has 2 unspecified atom stereocenters. The summed E-state index contributed by atoms with van der Waals surface area (Å²) in [5, 5.41) is 4.15. The predicted octanol–water partition coefficient (Wildman–Crippen LogP) is 1.96. The van der Waals surface area contributed by atoms with Crippen LogP contribution in [0.2, 0.25) is 0 Å². The second-order valence-electron chi connectivity index (χ2n) is 6.55. The van der Waals surface area contributed by atoms with Crippen LogP contribution in [-0.2, 0) is 9.84 Å². The molecule has 0 saturated carbocycles. The molecule has 0 amide bonds. The Kier molecular flexibility index (Phi) is 5.52. The van der Waals surface area contributed by atoms with E-state index in [9.17, 15) is 8.42 Å². The molecule has 132 valence electrons. The number of hydrogen-bond donors (Lipinski definition) is 1. The molecule has 0 bridgehead atoms. The van der Waals surface area contributed by atoms with Gasteiger partial charge in [-0.05, 0) is 36.3 Å². The van der Waals surface area contributed by atoms with Crippen LogP contribution in [0.1, 0.15) is 24.4 Å². The molecule has 0 aliphatic carbocycles. The Balaban J connectivity index is 1.71. The van der Waals surface area contributed by atoms with Gasteiger partial charge in [-0.3, -0.25) is 4.99 Å². The summed E-state index contributed by atoms with van der Waals surface area (Å²) in [5.41, 5.74) is 1.05. The van der Waals surface area contributed by atoms with E-state index in [1.807, 2.05) is 12.1 Å². The molecule has 0 aromatic heterocycles. The Hall–Kier alpha value is -1.05. The summed E-state index contributed by atoms with van der Waals surface area (Å²) in [6, 6.07) is 7.14. The van der Waals surface area contributed by atoms with Gasteiger partial charge in [0.25, 0.3) is 0 Å². The number of amidine groups is 1. The van der Waals surface area contributed by atoms with Crippen LogP contribution < -0.4 is 5.32 Å². The molecule has 1 saturated heterocycles. The van der Waals surface area contributed by atoms with Crippen molar-refractivity contribution in [2.45, 2.75) is 29.0 Å². The smallest absolute Gasteiger partial charge is 0.175 e. The van der Waals surface area contributed by atoms with E-state index >= 15 is 0 Å². The third kappa shape index (κ3) is 4.32. The monoisotopic (exact) mass is 367 g/mol. The second-order valence-corrected chi connectivity index (χ2v) is 9.97. The lowest BCUT2D eigenvalue weighted by atomic mass is 10.1. The van der Waals surface area contributed by atoms with Crippen LogP contribution in [0.5, 0.6) is 0 Å². The number of nitrogens with one attached hydrogen (secondary N) is 1. The van der Waals surface area contributed by atoms with Crippen LogP contribution in [0.25, 0.3) is 0 Å². The van der Waals surface area contributed by atoms with Crippen LogP contribution in [0.4, 0.5) is 0 Å². The number of hydrogen-bond acceptors (Lipinski definition) is 6. The van der Waals surface area contributed by atoms with E-state index in [0.717, 1.165) is 31.0 Å². The molecule has 1 aromatic carbocycles. The van der Waals surface area contributed by atoms with Crippen molar-refractivity contribution in [1.29, 1.82) is 0 Å². The Morgan fingerprint density at radius 3 is 2.71 bits per heavy atom. The molecule has 1 fully saturated rings. The number of likely N-dealkylation sites (N-methyl/N-ethyl adjacent to an activating group) is 1. The van der Waals surface area contributed by atoms with Crippen molar-refractivity contribution in [1.82, 2.24) is 10.2 Å². The lowest BCUT2D eigenvalue weighted by Crippen LogP contribution is -2.43. The fourth-order valence-electron chi connectivity index (χ4n) is 3.15. The van der Waals surface area contributed by atoms with E-state index < -0.39 is 9.84 Å². The molecule has 24 heavy (non-hydrogen) atoms. The highest BCUT2D eigenvalue weighted by Crippen LogP contribution is 2.27. The van der Waals surface area contributed by atoms with Gasteiger partial charge in [-0.1, -0.05) is 12.1 Å². The molecule has 0 radical (unpaired) electrons. The van der Waals surface area contributed by atoms with Gasteiger partial charge in [0.2, 0.25) is 0 Å². The van der Waals surface area contributed by atoms with Crippen molar-refractivity contribution >= 4 is 27.4 Å². The van der Waals surface area contributed by atoms with Crippen molar-refractivity contribution in [2.24, 2.45) is 4.99 Å². The summed E-state index contributed by atoms with van der Waals surface area (Å²) in [7, 11) is -1.03. The normalized spacial score (nSPS) is 24.7. The summed E-state index contributed by atoms with van der Waals surface area (Å²) in [6.07, 6.45) is 3.85. The molecule has 3 rings (SSSR count). The summed E-state index contributed by atoms with van der Waals surface area (Å²) in [6.45, 7) is 2.63. The lowest BCUT2D eigenvalue weighted by Gasteiger charge is -2.30. The number of sulfone groups is 1. The number of thioether (sulfide) groups is 1. The first kappa shape index (κ1) is 17.8. The Morgan fingerprint density at radius 2 is 2.08 bits per heavy atom. The fraction of sp³-hybridized carbons (Fsp3) is 0.588. The summed E-state index contributed by atoms with van der Waals surface area (Å²) < 4.78 is 23.2. The largest absolute Gasteiger partial charge is 0.361 e. The average Bonchev–Trinajstić information content (AvgIpc) is 3.07. The maximum absolute atomic E-state index is 11.6. The molecular formula is C17H25N3O2S2. The lowest BCUT2D eigenvalue weighted by molar-refractivity contribution is 0.457. The summed E-state index contributed by atoms with van der Waals surface area (Å²) >= 11 is 2.06. The van der Waals surface area contributed by atoms with Gasteiger partial charge < -0.3 is 10.2 Å². The molecule has 1 aromatic rings. The zero-order valence-corrected chi connectivity index (χ0v) is 15.9. The zero-order valence-electron chi connectivity index (χ0n) is 14.2. The number of aliphatic imine (C=N–C) groups is 1. The van der Waals surface area contributed by atoms with Gasteiger partial charge in [0.05, 0.1) is 17.5 Å². The third-order valence-corrected chi connectivity index (χ3v) is 7.07. The van der Waals surface area contributed by atoms with Crippen molar-refractivity contribution in [2.75, 3.05) is 38.7 Å². The maximum atomic E-state index is 11.6. The van der Waals surface area contributed by atoms with Crippen LogP contribution in [0.15, 0.2) is 34.2 Å². The number of nitrogens with zero attached hydrogens (tertiary/aromatic N) is 2. The van der Waals surface area contributed by atoms with Gasteiger partial charge >= 0.3 is 0 Å². The number of benzene rings is 1. The Bertz CT molecular complexity index is 695. The van der Waals surface area contributed by atoms with Gasteiger partial charge in [-0.2, -0.15) is 11.8 Å². The molecule has 2 aliphatic heterocycles. The SMILES string of the molecule is CN(CC1CCCS1)C1=NC(c2ccc(S(C)(=O)=O)cc2)CNC1. The Morgan fingerprint density at radius 1 is 1.33 bits per heavy atom. The van der Waals surface area contributed by atoms with E-state index in [1.54, 1.807) is 12.1 Å². The van der Waals surface area contributed by atoms with E-state index in [-0.39, 0.29) is 6.04 Å². The molecule has 0 spiro atoms. The van der Waals surface area contributed by atoms with Crippen molar-refractivity contribution in [3.05, 3.63) is 29.8 Å². The van der Waals surface area contributed by atoms with E-state index in [4.69, 9.17) is 4.99 Å². The van der Waals surface area contributed by atoms with Crippen molar-refractivity contribution in [3.63, 3.8) is 0 Å². The number of rotatable bonds is 4. The molecule has 7 heteroatoms. The highest BCUT2D eigenvalue weighted by molar-refractivity contribution is 8.00. The first-order chi connectivity index (χ1) is 11.4. The van der Waals surface area contributed by atoms with Crippen molar-refractivity contribution in [3.8, 4) is 0 Å². The van der Waals surface area contributed by atoms with E-state index in [2.05, 4.69) is 29.0 Å². The molecule has 2 atom stereocenters. The minimum Gasteiger partial charge on any atom is -0.361 e. The quantitative estimate of drug-likeness (QED) is 0.881. The fourth-order valence-corrected chi connectivity index (χ4v) is 5.11. The van der Waals surface area contributed by atoms with Gasteiger partial charge in [0, 0.05) is 31.6 Å². The molecular weight excluding hydrogens is 342 g/mol. The summed E-state index contributed by atoms with van der Waals surface area (Å²) in [4.78, 5) is 7.53. The predicted molar refractivity (Wildman–Crippen MR) is 101 cm³/mol. The van der Waals surface area contributed by atoms with Crippen LogP contribution in [0, 0.1) is 0 Å². The van der Waals surface area contributed by atoms with Crippen LogP contribution in [0.3, 0.4) is 0 Å². The average molecular weight is 368 g/mol. The minimum absolute atomic E-state index is 0.0426. The van der Waals surface area contributed by atoms with Crippen LogP contribution >= 0.6 is 11.8 Å². The highest BCUT2D eigenvalue weighted by atomic mass is 32.2. The van der Waals surface area contributed by atoms with E-state index in [0.29, 0.717) is 10.1 Å². The van der Waals surface area contributed by atoms with Crippen molar-refractivity contribution < 1.29 is 8.42 Å². The van der Waals surface area contributed by atoms with E-state index in [1.165, 1.54) is 24.9 Å².